The summed E-state index contributed by atoms with van der Waals surface area (Å²) in [5.74, 6) is 0.412. The molecule has 19 heavy (non-hydrogen) atoms. The monoisotopic (exact) mass is 269 g/mol. The zero-order chi connectivity index (χ0) is 14.4. The summed E-state index contributed by atoms with van der Waals surface area (Å²) in [6.07, 6.45) is 2.30. The summed E-state index contributed by atoms with van der Waals surface area (Å²) in [5.41, 5.74) is 5.67. The van der Waals surface area contributed by atoms with Crippen LogP contribution in [0.3, 0.4) is 0 Å². The molecule has 1 aliphatic heterocycles. The molecule has 2 amide bonds. The Bertz CT molecular complexity index is 308. The molecule has 5 heteroatoms. The molecule has 1 saturated heterocycles. The van der Waals surface area contributed by atoms with Gasteiger partial charge in [-0.3, -0.25) is 9.59 Å². The van der Waals surface area contributed by atoms with Gasteiger partial charge < -0.3 is 15.5 Å². The van der Waals surface area contributed by atoms with Crippen molar-refractivity contribution in [2.45, 2.75) is 46.1 Å². The second-order valence-corrected chi connectivity index (χ2v) is 5.73. The minimum Gasteiger partial charge on any atom is -0.339 e. The van der Waals surface area contributed by atoms with E-state index in [1.165, 1.54) is 0 Å². The molecule has 110 valence electrons. The fraction of sp³-hybridized carbons (Fsp3) is 0.857. The van der Waals surface area contributed by atoms with Gasteiger partial charge >= 0.3 is 0 Å². The predicted molar refractivity (Wildman–Crippen MR) is 75.5 cm³/mol. The van der Waals surface area contributed by atoms with Crippen molar-refractivity contribution in [3.05, 3.63) is 0 Å². The van der Waals surface area contributed by atoms with E-state index in [0.717, 1.165) is 12.8 Å². The third kappa shape index (κ3) is 5.19. The third-order valence-corrected chi connectivity index (χ3v) is 3.49. The summed E-state index contributed by atoms with van der Waals surface area (Å²) in [6.45, 7) is 8.43. The molecule has 1 rings (SSSR count). The molecule has 0 saturated carbocycles. The fourth-order valence-corrected chi connectivity index (χ4v) is 2.27. The van der Waals surface area contributed by atoms with Crippen LogP contribution in [-0.2, 0) is 9.59 Å². The number of carbonyl (C=O) groups is 2. The van der Waals surface area contributed by atoms with Gasteiger partial charge in [-0.25, -0.2) is 0 Å². The summed E-state index contributed by atoms with van der Waals surface area (Å²) >= 11 is 0. The van der Waals surface area contributed by atoms with Gasteiger partial charge in [-0.1, -0.05) is 13.8 Å². The van der Waals surface area contributed by atoms with E-state index in [2.05, 4.69) is 0 Å². The Kier molecular flexibility index (Phi) is 6.28. The summed E-state index contributed by atoms with van der Waals surface area (Å²) < 4.78 is 0. The summed E-state index contributed by atoms with van der Waals surface area (Å²) in [7, 11) is 0. The van der Waals surface area contributed by atoms with Crippen LogP contribution in [0.1, 0.15) is 40.0 Å². The molecule has 0 bridgehead atoms. The molecule has 0 aromatic heterocycles. The smallest absolute Gasteiger partial charge is 0.225 e. The number of hydrogen-bond acceptors (Lipinski definition) is 3. The van der Waals surface area contributed by atoms with Crippen LogP contribution in [0.15, 0.2) is 0 Å². The van der Waals surface area contributed by atoms with Gasteiger partial charge in [-0.2, -0.15) is 0 Å². The topological polar surface area (TPSA) is 66.6 Å². The second-order valence-electron chi connectivity index (χ2n) is 5.73. The third-order valence-electron chi connectivity index (χ3n) is 3.49. The van der Waals surface area contributed by atoms with E-state index in [9.17, 15) is 9.59 Å². The molecule has 1 heterocycles. The van der Waals surface area contributed by atoms with Crippen molar-refractivity contribution in [1.82, 2.24) is 9.80 Å². The molecule has 1 atom stereocenters. The molecule has 2 N–H and O–H groups in total. The van der Waals surface area contributed by atoms with Gasteiger partial charge in [-0.15, -0.1) is 0 Å². The van der Waals surface area contributed by atoms with Gasteiger partial charge in [0.25, 0.3) is 0 Å². The zero-order valence-electron chi connectivity index (χ0n) is 12.4. The van der Waals surface area contributed by atoms with E-state index in [4.69, 9.17) is 5.73 Å². The van der Waals surface area contributed by atoms with E-state index in [1.54, 1.807) is 0 Å². The number of nitrogens with zero attached hydrogens (tertiary/aromatic N) is 2. The molecule has 1 aliphatic rings. The highest BCUT2D eigenvalue weighted by Gasteiger charge is 2.24. The van der Waals surface area contributed by atoms with Gasteiger partial charge in [0.1, 0.15) is 0 Å². The van der Waals surface area contributed by atoms with Crippen LogP contribution < -0.4 is 5.73 Å². The lowest BCUT2D eigenvalue weighted by molar-refractivity contribution is -0.141. The largest absolute Gasteiger partial charge is 0.339 e. The standard InChI is InChI=1S/C14H27N3O2/c1-11(2)14(19)17-9-7-16(8-10-17)13(18)6-4-5-12(3)15/h11-12H,4-10,15H2,1-3H3. The molecule has 1 fully saturated rings. The quantitative estimate of drug-likeness (QED) is 0.804. The molecule has 0 aromatic rings. The first-order valence-electron chi connectivity index (χ1n) is 7.24. The number of amides is 2. The van der Waals surface area contributed by atoms with Crippen LogP contribution >= 0.6 is 0 Å². The molecule has 0 aliphatic carbocycles. The summed E-state index contributed by atoms with van der Waals surface area (Å²) in [5, 5.41) is 0. The Hall–Kier alpha value is -1.10. The number of piperazine rings is 1. The fourth-order valence-electron chi connectivity index (χ4n) is 2.27. The minimum atomic E-state index is 0.0355. The molecular weight excluding hydrogens is 242 g/mol. The highest BCUT2D eigenvalue weighted by atomic mass is 16.2. The average Bonchev–Trinajstić information content (AvgIpc) is 2.37. The van der Waals surface area contributed by atoms with Gasteiger partial charge in [0, 0.05) is 44.6 Å². The van der Waals surface area contributed by atoms with Crippen LogP contribution in [0.5, 0.6) is 0 Å². The molecular formula is C14H27N3O2. The highest BCUT2D eigenvalue weighted by Crippen LogP contribution is 2.09. The SMILES string of the molecule is CC(N)CCCC(=O)N1CCN(C(=O)C(C)C)CC1. The molecule has 0 aromatic carbocycles. The van der Waals surface area contributed by atoms with Crippen LogP contribution in [0.4, 0.5) is 0 Å². The van der Waals surface area contributed by atoms with Crippen molar-refractivity contribution in [3.63, 3.8) is 0 Å². The number of hydrogen-bond donors (Lipinski definition) is 1. The average molecular weight is 269 g/mol. The Balaban J connectivity index is 2.29. The first-order valence-corrected chi connectivity index (χ1v) is 7.24. The van der Waals surface area contributed by atoms with Crippen molar-refractivity contribution in [1.29, 1.82) is 0 Å². The van der Waals surface area contributed by atoms with Crippen molar-refractivity contribution >= 4 is 11.8 Å². The minimum absolute atomic E-state index is 0.0355. The first kappa shape index (κ1) is 16.0. The van der Waals surface area contributed by atoms with Gasteiger partial charge in [0.2, 0.25) is 11.8 Å². The number of nitrogens with two attached hydrogens (primary N) is 1. The highest BCUT2D eigenvalue weighted by molar-refractivity contribution is 5.79. The summed E-state index contributed by atoms with van der Waals surface area (Å²) in [6, 6.07) is 0.160. The van der Waals surface area contributed by atoms with E-state index in [-0.39, 0.29) is 23.8 Å². The van der Waals surface area contributed by atoms with Gasteiger partial charge in [0.15, 0.2) is 0 Å². The van der Waals surface area contributed by atoms with E-state index in [1.807, 2.05) is 30.6 Å². The maximum absolute atomic E-state index is 12.0. The lowest BCUT2D eigenvalue weighted by Crippen LogP contribution is -2.51. The lowest BCUT2D eigenvalue weighted by Gasteiger charge is -2.35. The van der Waals surface area contributed by atoms with Crippen molar-refractivity contribution in [2.75, 3.05) is 26.2 Å². The Morgan fingerprint density at radius 3 is 2.05 bits per heavy atom. The zero-order valence-corrected chi connectivity index (χ0v) is 12.4. The maximum atomic E-state index is 12.0. The molecule has 0 spiro atoms. The van der Waals surface area contributed by atoms with Crippen LogP contribution in [0, 0.1) is 5.92 Å². The van der Waals surface area contributed by atoms with Crippen molar-refractivity contribution < 1.29 is 9.59 Å². The van der Waals surface area contributed by atoms with Gasteiger partial charge in [-0.05, 0) is 19.8 Å². The molecule has 5 nitrogen and oxygen atoms in total. The Morgan fingerprint density at radius 2 is 1.58 bits per heavy atom. The Morgan fingerprint density at radius 1 is 1.05 bits per heavy atom. The van der Waals surface area contributed by atoms with Gasteiger partial charge in [0.05, 0.1) is 0 Å². The normalized spacial score (nSPS) is 17.7. The number of rotatable bonds is 5. The lowest BCUT2D eigenvalue weighted by atomic mass is 10.1. The van der Waals surface area contributed by atoms with Crippen LogP contribution in [-0.4, -0.2) is 53.8 Å². The first-order chi connectivity index (χ1) is 8.91. The summed E-state index contributed by atoms with van der Waals surface area (Å²) in [4.78, 5) is 27.5. The van der Waals surface area contributed by atoms with Crippen molar-refractivity contribution in [2.24, 2.45) is 11.7 Å². The van der Waals surface area contributed by atoms with Crippen LogP contribution in [0.25, 0.3) is 0 Å². The predicted octanol–water partition coefficient (Wildman–Crippen LogP) is 0.831. The maximum Gasteiger partial charge on any atom is 0.225 e. The van der Waals surface area contributed by atoms with E-state index in [0.29, 0.717) is 32.6 Å². The van der Waals surface area contributed by atoms with Crippen LogP contribution in [0.2, 0.25) is 0 Å². The Labute approximate surface area is 116 Å². The van der Waals surface area contributed by atoms with E-state index >= 15 is 0 Å². The van der Waals surface area contributed by atoms with Crippen molar-refractivity contribution in [3.8, 4) is 0 Å². The van der Waals surface area contributed by atoms with E-state index < -0.39 is 0 Å². The molecule has 1 unspecified atom stereocenters. The number of carbonyl (C=O) groups excluding carboxylic acids is 2. The molecule has 0 radical (unpaired) electrons. The second kappa shape index (κ2) is 7.48.